The predicted molar refractivity (Wildman–Crippen MR) is 89.7 cm³/mol. The number of methoxy groups -OCH3 is 1. The van der Waals surface area contributed by atoms with Crippen LogP contribution >= 0.6 is 15.9 Å². The van der Waals surface area contributed by atoms with Crippen molar-refractivity contribution >= 4 is 15.9 Å². The standard InChI is InChI=1S/C16H13BrF2N4O2/c1-24-14-8-10(6-7-13(14)25-16(18)19)9-23-21-15(20-22-23)11-4-2-3-5-12(11)17/h2-8,16H,9H2,1H3. The van der Waals surface area contributed by atoms with E-state index in [1.54, 1.807) is 12.1 Å². The second-order valence-corrected chi connectivity index (χ2v) is 5.84. The quantitative estimate of drug-likeness (QED) is 0.618. The van der Waals surface area contributed by atoms with Crippen molar-refractivity contribution in [2.75, 3.05) is 7.11 Å². The van der Waals surface area contributed by atoms with E-state index in [9.17, 15) is 8.78 Å². The Morgan fingerprint density at radius 2 is 1.96 bits per heavy atom. The van der Waals surface area contributed by atoms with Crippen molar-refractivity contribution < 1.29 is 18.3 Å². The summed E-state index contributed by atoms with van der Waals surface area (Å²) in [5.41, 5.74) is 1.58. The maximum absolute atomic E-state index is 12.4. The van der Waals surface area contributed by atoms with Gasteiger partial charge in [0.15, 0.2) is 11.5 Å². The van der Waals surface area contributed by atoms with E-state index in [1.165, 1.54) is 18.0 Å². The van der Waals surface area contributed by atoms with Gasteiger partial charge in [0.1, 0.15) is 0 Å². The Hall–Kier alpha value is -2.55. The van der Waals surface area contributed by atoms with Crippen LogP contribution in [0.1, 0.15) is 5.56 Å². The molecule has 0 amide bonds. The molecule has 0 atom stereocenters. The van der Waals surface area contributed by atoms with Crippen LogP contribution in [0.15, 0.2) is 46.9 Å². The van der Waals surface area contributed by atoms with Crippen LogP contribution in [0.2, 0.25) is 0 Å². The Labute approximate surface area is 150 Å². The molecule has 0 saturated carbocycles. The van der Waals surface area contributed by atoms with Crippen molar-refractivity contribution in [2.45, 2.75) is 13.2 Å². The SMILES string of the molecule is COc1cc(Cn2nnc(-c3ccccc3Br)n2)ccc1OC(F)F. The van der Waals surface area contributed by atoms with Crippen LogP contribution in [0.25, 0.3) is 11.4 Å². The number of rotatable bonds is 6. The first-order valence-corrected chi connectivity index (χ1v) is 8.00. The number of alkyl halides is 2. The van der Waals surface area contributed by atoms with Crippen molar-refractivity contribution in [3.8, 4) is 22.9 Å². The van der Waals surface area contributed by atoms with Crippen LogP contribution in [0.4, 0.5) is 8.78 Å². The lowest BCUT2D eigenvalue weighted by atomic mass is 10.2. The molecule has 1 heterocycles. The Morgan fingerprint density at radius 1 is 1.16 bits per heavy atom. The minimum Gasteiger partial charge on any atom is -0.493 e. The highest BCUT2D eigenvalue weighted by molar-refractivity contribution is 9.10. The summed E-state index contributed by atoms with van der Waals surface area (Å²) in [5.74, 6) is 0.669. The van der Waals surface area contributed by atoms with Crippen LogP contribution < -0.4 is 9.47 Å². The molecule has 3 rings (SSSR count). The molecule has 0 fully saturated rings. The van der Waals surface area contributed by atoms with Crippen molar-refractivity contribution in [1.29, 1.82) is 0 Å². The van der Waals surface area contributed by atoms with Gasteiger partial charge in [0.25, 0.3) is 0 Å². The van der Waals surface area contributed by atoms with E-state index in [-0.39, 0.29) is 11.5 Å². The molecule has 0 aliphatic heterocycles. The fourth-order valence-electron chi connectivity index (χ4n) is 2.23. The number of ether oxygens (including phenoxy) is 2. The number of aromatic nitrogens is 4. The average molecular weight is 411 g/mol. The van der Waals surface area contributed by atoms with Gasteiger partial charge in [-0.3, -0.25) is 0 Å². The second kappa shape index (κ2) is 7.56. The zero-order valence-corrected chi connectivity index (χ0v) is 14.7. The molecule has 0 N–H and O–H groups in total. The maximum Gasteiger partial charge on any atom is 0.387 e. The van der Waals surface area contributed by atoms with Crippen LogP contribution in [0.5, 0.6) is 11.5 Å². The van der Waals surface area contributed by atoms with E-state index in [0.717, 1.165) is 15.6 Å². The van der Waals surface area contributed by atoms with Crippen LogP contribution in [0.3, 0.4) is 0 Å². The molecular formula is C16H13BrF2N4O2. The van der Waals surface area contributed by atoms with Crippen molar-refractivity contribution in [2.24, 2.45) is 0 Å². The average Bonchev–Trinajstić information content (AvgIpc) is 3.04. The first kappa shape index (κ1) is 17.3. The van der Waals surface area contributed by atoms with Crippen molar-refractivity contribution in [3.05, 3.63) is 52.5 Å². The summed E-state index contributed by atoms with van der Waals surface area (Å²) in [6.45, 7) is -2.61. The van der Waals surface area contributed by atoms with Gasteiger partial charge < -0.3 is 9.47 Å². The van der Waals surface area contributed by atoms with Gasteiger partial charge in [-0.2, -0.15) is 13.6 Å². The normalized spacial score (nSPS) is 10.9. The van der Waals surface area contributed by atoms with Crippen LogP contribution in [0, 0.1) is 0 Å². The molecule has 2 aromatic carbocycles. The molecule has 0 saturated heterocycles. The second-order valence-electron chi connectivity index (χ2n) is 4.99. The summed E-state index contributed by atoms with van der Waals surface area (Å²) < 4.78 is 35.1. The van der Waals surface area contributed by atoms with Gasteiger partial charge in [-0.05, 0) is 35.0 Å². The van der Waals surface area contributed by atoms with Gasteiger partial charge in [0.2, 0.25) is 5.82 Å². The lowest BCUT2D eigenvalue weighted by Gasteiger charge is -2.11. The molecule has 25 heavy (non-hydrogen) atoms. The molecule has 0 aliphatic carbocycles. The Kier molecular flexibility index (Phi) is 5.22. The van der Waals surface area contributed by atoms with Gasteiger partial charge in [-0.25, -0.2) is 0 Å². The Morgan fingerprint density at radius 3 is 2.68 bits per heavy atom. The van der Waals surface area contributed by atoms with E-state index in [1.807, 2.05) is 24.3 Å². The van der Waals surface area contributed by atoms with E-state index in [0.29, 0.717) is 12.4 Å². The topological polar surface area (TPSA) is 62.1 Å². The lowest BCUT2D eigenvalue weighted by molar-refractivity contribution is -0.0512. The monoisotopic (exact) mass is 410 g/mol. The highest BCUT2D eigenvalue weighted by Crippen LogP contribution is 2.30. The van der Waals surface area contributed by atoms with Crippen molar-refractivity contribution in [1.82, 2.24) is 20.2 Å². The Bertz CT molecular complexity index is 873. The van der Waals surface area contributed by atoms with Gasteiger partial charge in [0, 0.05) is 10.0 Å². The molecule has 130 valence electrons. The molecule has 3 aromatic rings. The van der Waals surface area contributed by atoms with Gasteiger partial charge in [-0.15, -0.1) is 10.2 Å². The number of hydrogen-bond donors (Lipinski definition) is 0. The molecule has 1 aromatic heterocycles. The smallest absolute Gasteiger partial charge is 0.387 e. The van der Waals surface area contributed by atoms with Gasteiger partial charge >= 0.3 is 6.61 Å². The number of hydrogen-bond acceptors (Lipinski definition) is 5. The minimum absolute atomic E-state index is 0.0262. The first-order valence-electron chi connectivity index (χ1n) is 7.21. The third kappa shape index (κ3) is 4.11. The first-order chi connectivity index (χ1) is 12.1. The number of halogens is 3. The van der Waals surface area contributed by atoms with Gasteiger partial charge in [0.05, 0.1) is 13.7 Å². The summed E-state index contributed by atoms with van der Waals surface area (Å²) in [4.78, 5) is 1.41. The molecular weight excluding hydrogens is 398 g/mol. The van der Waals surface area contributed by atoms with E-state index < -0.39 is 6.61 Å². The molecule has 0 spiro atoms. The molecule has 0 unspecified atom stereocenters. The highest BCUT2D eigenvalue weighted by Gasteiger charge is 2.13. The summed E-state index contributed by atoms with van der Waals surface area (Å²) in [7, 11) is 1.39. The number of nitrogens with zero attached hydrogens (tertiary/aromatic N) is 4. The van der Waals surface area contributed by atoms with E-state index in [2.05, 4.69) is 36.1 Å². The zero-order chi connectivity index (χ0) is 17.8. The summed E-state index contributed by atoms with van der Waals surface area (Å²) in [6, 6.07) is 12.2. The lowest BCUT2D eigenvalue weighted by Crippen LogP contribution is -2.06. The zero-order valence-electron chi connectivity index (χ0n) is 13.1. The Balaban J connectivity index is 1.80. The largest absolute Gasteiger partial charge is 0.493 e. The summed E-state index contributed by atoms with van der Waals surface area (Å²) >= 11 is 3.45. The fraction of sp³-hybridized carbons (Fsp3) is 0.188. The highest BCUT2D eigenvalue weighted by atomic mass is 79.9. The minimum atomic E-state index is -2.91. The molecule has 0 bridgehead atoms. The van der Waals surface area contributed by atoms with Crippen LogP contribution in [-0.4, -0.2) is 33.9 Å². The molecule has 9 heteroatoms. The number of benzene rings is 2. The van der Waals surface area contributed by atoms with Gasteiger partial charge in [-0.1, -0.05) is 34.1 Å². The maximum atomic E-state index is 12.4. The number of tetrazole rings is 1. The van der Waals surface area contributed by atoms with Crippen LogP contribution in [-0.2, 0) is 6.54 Å². The summed E-state index contributed by atoms with van der Waals surface area (Å²) in [6.07, 6.45) is 0. The van der Waals surface area contributed by atoms with Crippen molar-refractivity contribution in [3.63, 3.8) is 0 Å². The molecule has 0 radical (unpaired) electrons. The predicted octanol–water partition coefficient (Wildman–Crippen LogP) is 3.76. The van der Waals surface area contributed by atoms with E-state index in [4.69, 9.17) is 4.74 Å². The summed E-state index contributed by atoms with van der Waals surface area (Å²) in [5, 5.41) is 12.4. The molecule has 0 aliphatic rings. The van der Waals surface area contributed by atoms with E-state index >= 15 is 0 Å². The third-order valence-electron chi connectivity index (χ3n) is 3.34. The fourth-order valence-corrected chi connectivity index (χ4v) is 2.69. The molecule has 6 nitrogen and oxygen atoms in total. The third-order valence-corrected chi connectivity index (χ3v) is 4.03.